The van der Waals surface area contributed by atoms with Crippen LogP contribution in [0.5, 0.6) is 5.75 Å². The third-order valence-corrected chi connectivity index (χ3v) is 3.04. The van der Waals surface area contributed by atoms with Crippen molar-refractivity contribution < 1.29 is 9.84 Å². The lowest BCUT2D eigenvalue weighted by Gasteiger charge is -2.22. The molecule has 3 nitrogen and oxygen atoms in total. The lowest BCUT2D eigenvalue weighted by molar-refractivity contribution is 0.143. The highest BCUT2D eigenvalue weighted by Gasteiger charge is 2.17. The van der Waals surface area contributed by atoms with Crippen LogP contribution in [0.15, 0.2) is 18.2 Å². The molecule has 2 rings (SSSR count). The minimum absolute atomic E-state index is 0.713. The van der Waals surface area contributed by atoms with Crippen LogP contribution in [0, 0.1) is 11.8 Å². The van der Waals surface area contributed by atoms with Gasteiger partial charge in [0.25, 0.3) is 0 Å². The summed E-state index contributed by atoms with van der Waals surface area (Å²) in [4.78, 5) is 2.30. The van der Waals surface area contributed by atoms with E-state index in [2.05, 4.69) is 29.7 Å². The zero-order valence-corrected chi connectivity index (χ0v) is 11.9. The van der Waals surface area contributed by atoms with Crippen molar-refractivity contribution in [1.82, 2.24) is 0 Å². The fraction of sp³-hybridized carbons (Fsp3) is 0.500. The number of rotatable bonds is 1. The molecule has 0 amide bonds. The molecule has 3 heteroatoms. The molecule has 0 saturated heterocycles. The summed E-state index contributed by atoms with van der Waals surface area (Å²) in [6.45, 7) is 8.18. The number of anilines is 1. The van der Waals surface area contributed by atoms with Crippen molar-refractivity contribution in [2.75, 3.05) is 24.6 Å². The quantitative estimate of drug-likeness (QED) is 0.786. The third kappa shape index (κ3) is 3.42. The summed E-state index contributed by atoms with van der Waals surface area (Å²) in [6.07, 6.45) is 1.01. The van der Waals surface area contributed by atoms with Gasteiger partial charge in [-0.3, -0.25) is 0 Å². The third-order valence-electron chi connectivity index (χ3n) is 3.04. The topological polar surface area (TPSA) is 32.7 Å². The van der Waals surface area contributed by atoms with Crippen molar-refractivity contribution in [1.29, 1.82) is 0 Å². The Kier molecular flexibility index (Phi) is 4.01. The van der Waals surface area contributed by atoms with Crippen molar-refractivity contribution in [3.63, 3.8) is 0 Å². The second-order valence-electron chi connectivity index (χ2n) is 5.24. The van der Waals surface area contributed by atoms with Crippen LogP contribution >= 0.6 is 0 Å². The first-order chi connectivity index (χ1) is 9.01. The number of nitrogens with zero attached hydrogens (tertiary/aromatic N) is 1. The van der Waals surface area contributed by atoms with Crippen LogP contribution in [-0.2, 0) is 0 Å². The molecule has 19 heavy (non-hydrogen) atoms. The van der Waals surface area contributed by atoms with Gasteiger partial charge in [0.05, 0.1) is 17.9 Å². The summed E-state index contributed by atoms with van der Waals surface area (Å²) in [7, 11) is 0. The Balaban J connectivity index is 2.44. The van der Waals surface area contributed by atoms with Gasteiger partial charge < -0.3 is 14.7 Å². The average Bonchev–Trinajstić information content (AvgIpc) is 2.57. The van der Waals surface area contributed by atoms with Crippen LogP contribution in [0.3, 0.4) is 0 Å². The lowest BCUT2D eigenvalue weighted by atomic mass is 10.1. The van der Waals surface area contributed by atoms with Gasteiger partial charge in [0.2, 0.25) is 0 Å². The van der Waals surface area contributed by atoms with E-state index in [9.17, 15) is 5.11 Å². The first-order valence-electron chi connectivity index (χ1n) is 6.77. The summed E-state index contributed by atoms with van der Waals surface area (Å²) < 4.78 is 5.85. The van der Waals surface area contributed by atoms with E-state index in [0.717, 1.165) is 36.5 Å². The van der Waals surface area contributed by atoms with E-state index in [-0.39, 0.29) is 0 Å². The maximum Gasteiger partial charge on any atom is 0.158 e. The molecule has 0 spiro atoms. The fourth-order valence-electron chi connectivity index (χ4n) is 2.12. The van der Waals surface area contributed by atoms with Crippen LogP contribution in [0.4, 0.5) is 5.69 Å². The van der Waals surface area contributed by atoms with E-state index in [1.54, 1.807) is 13.8 Å². The molecule has 1 aromatic rings. The van der Waals surface area contributed by atoms with E-state index in [1.807, 2.05) is 12.1 Å². The van der Waals surface area contributed by atoms with E-state index in [0.29, 0.717) is 6.61 Å². The molecule has 1 heterocycles. The molecule has 0 aliphatic carbocycles. The van der Waals surface area contributed by atoms with Crippen molar-refractivity contribution in [3.05, 3.63) is 23.8 Å². The van der Waals surface area contributed by atoms with Crippen LogP contribution in [0.25, 0.3) is 0 Å². The molecule has 0 radical (unpaired) electrons. The zero-order valence-electron chi connectivity index (χ0n) is 11.9. The highest BCUT2D eigenvalue weighted by atomic mass is 16.5. The Labute approximate surface area is 115 Å². The van der Waals surface area contributed by atoms with Crippen LogP contribution < -0.4 is 9.64 Å². The standard InChI is InChI=1S/C16H21NO2/c1-4-17-11-6-12-19-15-13(7-5-8-14(15)17)9-10-16(2,3)18/h5,7-8,18H,4,6,11-12H2,1-3H3. The van der Waals surface area contributed by atoms with Crippen molar-refractivity contribution in [3.8, 4) is 17.6 Å². The molecule has 0 unspecified atom stereocenters. The lowest BCUT2D eigenvalue weighted by Crippen LogP contribution is -2.23. The Morgan fingerprint density at radius 2 is 2.21 bits per heavy atom. The molecule has 0 fully saturated rings. The van der Waals surface area contributed by atoms with Crippen molar-refractivity contribution in [2.24, 2.45) is 0 Å². The second-order valence-corrected chi connectivity index (χ2v) is 5.24. The smallest absolute Gasteiger partial charge is 0.158 e. The summed E-state index contributed by atoms with van der Waals surface area (Å²) in [5, 5.41) is 9.71. The molecule has 0 aromatic heterocycles. The number of aliphatic hydroxyl groups is 1. The van der Waals surface area contributed by atoms with E-state index in [1.165, 1.54) is 0 Å². The molecule has 1 aliphatic rings. The molecule has 1 N–H and O–H groups in total. The van der Waals surface area contributed by atoms with E-state index in [4.69, 9.17) is 4.74 Å². The molecule has 102 valence electrons. The van der Waals surface area contributed by atoms with Gasteiger partial charge in [-0.15, -0.1) is 0 Å². The summed E-state index contributed by atoms with van der Waals surface area (Å²) in [5.74, 6) is 6.73. The summed E-state index contributed by atoms with van der Waals surface area (Å²) >= 11 is 0. The molecule has 0 bridgehead atoms. The number of benzene rings is 1. The van der Waals surface area contributed by atoms with Gasteiger partial charge >= 0.3 is 0 Å². The fourth-order valence-corrected chi connectivity index (χ4v) is 2.12. The highest BCUT2D eigenvalue weighted by Crippen LogP contribution is 2.33. The van der Waals surface area contributed by atoms with Gasteiger partial charge in [-0.05, 0) is 39.3 Å². The largest absolute Gasteiger partial charge is 0.490 e. The molecule has 1 aromatic carbocycles. The minimum Gasteiger partial charge on any atom is -0.490 e. The molecule has 0 saturated carbocycles. The molecular formula is C16H21NO2. The highest BCUT2D eigenvalue weighted by molar-refractivity contribution is 5.66. The van der Waals surface area contributed by atoms with Gasteiger partial charge in [0.15, 0.2) is 5.75 Å². The molecule has 1 aliphatic heterocycles. The Hall–Kier alpha value is -1.66. The molecule has 0 atom stereocenters. The first-order valence-corrected chi connectivity index (χ1v) is 6.77. The van der Waals surface area contributed by atoms with Crippen LogP contribution in [-0.4, -0.2) is 30.4 Å². The average molecular weight is 259 g/mol. The van der Waals surface area contributed by atoms with Crippen LogP contribution in [0.2, 0.25) is 0 Å². The monoisotopic (exact) mass is 259 g/mol. The number of hydrogen-bond donors (Lipinski definition) is 1. The minimum atomic E-state index is -0.988. The maximum atomic E-state index is 9.71. The summed E-state index contributed by atoms with van der Waals surface area (Å²) in [6, 6.07) is 6.00. The number of para-hydroxylation sites is 1. The number of ether oxygens (including phenoxy) is 1. The van der Waals surface area contributed by atoms with Gasteiger partial charge in [-0.2, -0.15) is 0 Å². The Bertz CT molecular complexity index is 506. The van der Waals surface area contributed by atoms with Gasteiger partial charge in [0, 0.05) is 13.1 Å². The zero-order chi connectivity index (χ0) is 13.9. The normalized spacial score (nSPS) is 14.8. The first kappa shape index (κ1) is 13.8. The van der Waals surface area contributed by atoms with Gasteiger partial charge in [0.1, 0.15) is 5.60 Å². The van der Waals surface area contributed by atoms with Crippen LogP contribution in [0.1, 0.15) is 32.8 Å². The van der Waals surface area contributed by atoms with Gasteiger partial charge in [-0.1, -0.05) is 17.9 Å². The Morgan fingerprint density at radius 3 is 2.89 bits per heavy atom. The van der Waals surface area contributed by atoms with Crippen molar-refractivity contribution >= 4 is 5.69 Å². The second kappa shape index (κ2) is 5.54. The maximum absolute atomic E-state index is 9.71. The number of hydrogen-bond acceptors (Lipinski definition) is 3. The van der Waals surface area contributed by atoms with Crippen molar-refractivity contribution in [2.45, 2.75) is 32.8 Å². The predicted molar refractivity (Wildman–Crippen MR) is 77.6 cm³/mol. The Morgan fingerprint density at radius 1 is 1.42 bits per heavy atom. The van der Waals surface area contributed by atoms with E-state index < -0.39 is 5.60 Å². The predicted octanol–water partition coefficient (Wildman–Crippen LogP) is 2.42. The van der Waals surface area contributed by atoms with Gasteiger partial charge in [-0.25, -0.2) is 0 Å². The SMILES string of the molecule is CCN1CCCOc2c(C#CC(C)(C)O)cccc21. The molecular weight excluding hydrogens is 238 g/mol. The number of fused-ring (bicyclic) bond motifs is 1. The summed E-state index contributed by atoms with van der Waals surface area (Å²) in [5.41, 5.74) is 0.959. The van der Waals surface area contributed by atoms with E-state index >= 15 is 0 Å².